The summed E-state index contributed by atoms with van der Waals surface area (Å²) in [5, 5.41) is 2.66. The van der Waals surface area contributed by atoms with Crippen LogP contribution in [0.5, 0.6) is 0 Å². The molecule has 1 saturated heterocycles. The highest BCUT2D eigenvalue weighted by molar-refractivity contribution is 14.1. The fourth-order valence-electron chi connectivity index (χ4n) is 1.50. The molecule has 16 heavy (non-hydrogen) atoms. The molecular formula is C11H10INO3. The van der Waals surface area contributed by atoms with Gasteiger partial charge in [-0.1, -0.05) is 6.07 Å². The molecule has 2 rings (SSSR count). The van der Waals surface area contributed by atoms with Gasteiger partial charge in [-0.3, -0.25) is 4.79 Å². The molecule has 1 aliphatic rings. The van der Waals surface area contributed by atoms with Gasteiger partial charge < -0.3 is 10.1 Å². The number of hydrogen-bond acceptors (Lipinski definition) is 3. The van der Waals surface area contributed by atoms with Crippen molar-refractivity contribution in [1.29, 1.82) is 0 Å². The Kier molecular flexibility index (Phi) is 3.42. The van der Waals surface area contributed by atoms with E-state index in [0.717, 1.165) is 3.57 Å². The number of esters is 1. The lowest BCUT2D eigenvalue weighted by Gasteiger charge is -2.08. The molecule has 0 spiro atoms. The molecule has 0 saturated carbocycles. The smallest absolute Gasteiger partial charge is 0.328 e. The average Bonchev–Trinajstić information content (AvgIpc) is 2.64. The summed E-state index contributed by atoms with van der Waals surface area (Å²) in [6.07, 6.45) is 0.550. The van der Waals surface area contributed by atoms with E-state index in [1.54, 1.807) is 12.1 Å². The van der Waals surface area contributed by atoms with E-state index in [9.17, 15) is 9.59 Å². The summed E-state index contributed by atoms with van der Waals surface area (Å²) in [6, 6.07) is 6.71. The van der Waals surface area contributed by atoms with Crippen LogP contribution >= 0.6 is 22.6 Å². The normalized spacial score (nSPS) is 19.3. The first-order chi connectivity index (χ1) is 7.66. The highest BCUT2D eigenvalue weighted by Crippen LogP contribution is 2.10. The zero-order valence-electron chi connectivity index (χ0n) is 8.40. The molecule has 0 unspecified atom stereocenters. The summed E-state index contributed by atoms with van der Waals surface area (Å²) in [7, 11) is 0. The number of halogens is 1. The Morgan fingerprint density at radius 1 is 1.50 bits per heavy atom. The lowest BCUT2D eigenvalue weighted by atomic mass is 10.2. The van der Waals surface area contributed by atoms with Gasteiger partial charge in [0, 0.05) is 15.6 Å². The number of rotatable bonds is 2. The maximum Gasteiger partial charge on any atom is 0.328 e. The van der Waals surface area contributed by atoms with Gasteiger partial charge in [-0.25, -0.2) is 4.79 Å². The quantitative estimate of drug-likeness (QED) is 0.657. The van der Waals surface area contributed by atoms with Gasteiger partial charge in [-0.05, 0) is 40.8 Å². The van der Waals surface area contributed by atoms with Crippen molar-refractivity contribution in [1.82, 2.24) is 5.32 Å². The van der Waals surface area contributed by atoms with Crippen molar-refractivity contribution >= 4 is 34.5 Å². The van der Waals surface area contributed by atoms with Crippen molar-refractivity contribution in [3.8, 4) is 0 Å². The molecule has 1 fully saturated rings. The molecule has 5 heteroatoms. The molecular weight excluding hydrogens is 321 g/mol. The number of benzene rings is 1. The molecule has 1 heterocycles. The van der Waals surface area contributed by atoms with Gasteiger partial charge in [0.25, 0.3) is 5.91 Å². The summed E-state index contributed by atoms with van der Waals surface area (Å²) >= 11 is 2.14. The van der Waals surface area contributed by atoms with Crippen LogP contribution in [0.4, 0.5) is 0 Å². The van der Waals surface area contributed by atoms with Crippen LogP contribution < -0.4 is 5.32 Å². The van der Waals surface area contributed by atoms with E-state index in [-0.39, 0.29) is 11.9 Å². The van der Waals surface area contributed by atoms with Crippen LogP contribution in [-0.2, 0) is 9.53 Å². The summed E-state index contributed by atoms with van der Waals surface area (Å²) in [5.41, 5.74) is 0.562. The molecule has 4 nitrogen and oxygen atoms in total. The summed E-state index contributed by atoms with van der Waals surface area (Å²) in [5.74, 6) is -0.582. The first kappa shape index (κ1) is 11.4. The lowest BCUT2D eigenvalue weighted by Crippen LogP contribution is -2.37. The van der Waals surface area contributed by atoms with E-state index in [1.807, 2.05) is 12.1 Å². The molecule has 84 valence electrons. The fourth-order valence-corrected chi connectivity index (χ4v) is 2.04. The summed E-state index contributed by atoms with van der Waals surface area (Å²) in [4.78, 5) is 22.9. The van der Waals surface area contributed by atoms with E-state index in [2.05, 4.69) is 27.9 Å². The molecule has 1 atom stereocenters. The number of ether oxygens (including phenoxy) is 1. The van der Waals surface area contributed by atoms with Crippen LogP contribution in [0.15, 0.2) is 24.3 Å². The Morgan fingerprint density at radius 3 is 2.94 bits per heavy atom. The third-order valence-electron chi connectivity index (χ3n) is 2.33. The summed E-state index contributed by atoms with van der Waals surface area (Å²) in [6.45, 7) is 0.385. The van der Waals surface area contributed by atoms with E-state index >= 15 is 0 Å². The van der Waals surface area contributed by atoms with Gasteiger partial charge in [0.2, 0.25) is 0 Å². The van der Waals surface area contributed by atoms with Gasteiger partial charge in [-0.15, -0.1) is 0 Å². The van der Waals surface area contributed by atoms with Crippen molar-refractivity contribution in [2.45, 2.75) is 12.5 Å². The highest BCUT2D eigenvalue weighted by atomic mass is 127. The van der Waals surface area contributed by atoms with Gasteiger partial charge in [-0.2, -0.15) is 0 Å². The van der Waals surface area contributed by atoms with Crippen LogP contribution in [-0.4, -0.2) is 24.5 Å². The third kappa shape index (κ3) is 2.52. The standard InChI is InChI=1S/C11H10INO3/c12-8-3-1-2-7(6-8)10(14)13-9-4-5-16-11(9)15/h1-3,6,9H,4-5H2,(H,13,14)/t9-/m0/s1. The number of carbonyl (C=O) groups is 2. The zero-order valence-corrected chi connectivity index (χ0v) is 10.6. The van der Waals surface area contributed by atoms with Crippen LogP contribution in [0.2, 0.25) is 0 Å². The van der Waals surface area contributed by atoms with Gasteiger partial charge in [0.15, 0.2) is 0 Å². The van der Waals surface area contributed by atoms with Crippen LogP contribution in [0.1, 0.15) is 16.8 Å². The molecule has 1 aliphatic heterocycles. The number of hydrogen-bond donors (Lipinski definition) is 1. The Morgan fingerprint density at radius 2 is 2.31 bits per heavy atom. The Labute approximate surface area is 106 Å². The molecule has 0 bridgehead atoms. The molecule has 1 amide bonds. The zero-order chi connectivity index (χ0) is 11.5. The molecule has 0 aliphatic carbocycles. The van der Waals surface area contributed by atoms with E-state index in [1.165, 1.54) is 0 Å². The van der Waals surface area contributed by atoms with Crippen molar-refractivity contribution in [3.63, 3.8) is 0 Å². The third-order valence-corrected chi connectivity index (χ3v) is 3.00. The van der Waals surface area contributed by atoms with Gasteiger partial charge >= 0.3 is 5.97 Å². The van der Waals surface area contributed by atoms with Crippen molar-refractivity contribution < 1.29 is 14.3 Å². The second kappa shape index (κ2) is 4.82. The number of carbonyl (C=O) groups excluding carboxylic acids is 2. The first-order valence-electron chi connectivity index (χ1n) is 4.90. The second-order valence-corrected chi connectivity index (χ2v) is 4.74. The SMILES string of the molecule is O=C(N[C@H]1CCOC1=O)c1cccc(I)c1. The molecule has 1 aromatic carbocycles. The predicted molar refractivity (Wildman–Crippen MR) is 66.0 cm³/mol. The predicted octanol–water partition coefficient (Wildman–Crippen LogP) is 1.34. The minimum absolute atomic E-state index is 0.234. The minimum atomic E-state index is -0.495. The van der Waals surface area contributed by atoms with Crippen LogP contribution in [0.25, 0.3) is 0 Å². The monoisotopic (exact) mass is 331 g/mol. The van der Waals surface area contributed by atoms with Gasteiger partial charge in [0.05, 0.1) is 6.61 Å². The van der Waals surface area contributed by atoms with Crippen molar-refractivity contribution in [2.24, 2.45) is 0 Å². The van der Waals surface area contributed by atoms with Crippen LogP contribution in [0, 0.1) is 3.57 Å². The van der Waals surface area contributed by atoms with E-state index in [0.29, 0.717) is 18.6 Å². The molecule has 1 aromatic rings. The largest absolute Gasteiger partial charge is 0.464 e. The maximum absolute atomic E-state index is 11.8. The van der Waals surface area contributed by atoms with Crippen LogP contribution in [0.3, 0.4) is 0 Å². The maximum atomic E-state index is 11.8. The van der Waals surface area contributed by atoms with Gasteiger partial charge in [0.1, 0.15) is 6.04 Å². The van der Waals surface area contributed by atoms with E-state index in [4.69, 9.17) is 4.74 Å². The van der Waals surface area contributed by atoms with Crippen molar-refractivity contribution in [3.05, 3.63) is 33.4 Å². The first-order valence-corrected chi connectivity index (χ1v) is 5.98. The second-order valence-electron chi connectivity index (χ2n) is 3.49. The Bertz CT molecular complexity index is 433. The average molecular weight is 331 g/mol. The topological polar surface area (TPSA) is 55.4 Å². The Balaban J connectivity index is 2.05. The molecule has 0 radical (unpaired) electrons. The Hall–Kier alpha value is -1.11. The molecule has 0 aromatic heterocycles. The minimum Gasteiger partial charge on any atom is -0.464 e. The highest BCUT2D eigenvalue weighted by Gasteiger charge is 2.28. The number of nitrogens with one attached hydrogen (secondary N) is 1. The lowest BCUT2D eigenvalue weighted by molar-refractivity contribution is -0.139. The number of amides is 1. The van der Waals surface area contributed by atoms with Crippen molar-refractivity contribution in [2.75, 3.05) is 6.61 Å². The number of cyclic esters (lactones) is 1. The fraction of sp³-hybridized carbons (Fsp3) is 0.273. The summed E-state index contributed by atoms with van der Waals surface area (Å²) < 4.78 is 5.76. The van der Waals surface area contributed by atoms with E-state index < -0.39 is 6.04 Å². The molecule has 1 N–H and O–H groups in total.